The van der Waals surface area contributed by atoms with E-state index in [9.17, 15) is 18.0 Å². The molecule has 134 valence electrons. The third-order valence-corrected chi connectivity index (χ3v) is 5.80. The maximum atomic E-state index is 12.2. The minimum Gasteiger partial charge on any atom is -0.324 e. The summed E-state index contributed by atoms with van der Waals surface area (Å²) in [5, 5.41) is 2.66. The summed E-state index contributed by atoms with van der Waals surface area (Å²) >= 11 is 3.25. The van der Waals surface area contributed by atoms with E-state index in [0.29, 0.717) is 15.7 Å². The zero-order valence-corrected chi connectivity index (χ0v) is 16.4. The van der Waals surface area contributed by atoms with Gasteiger partial charge in [0.25, 0.3) is 5.56 Å². The Morgan fingerprint density at radius 3 is 2.56 bits per heavy atom. The lowest BCUT2D eigenvalue weighted by Crippen LogP contribution is -2.27. The van der Waals surface area contributed by atoms with Crippen LogP contribution in [0.3, 0.4) is 0 Å². The van der Waals surface area contributed by atoms with Crippen LogP contribution in [-0.4, -0.2) is 37.3 Å². The zero-order valence-electron chi connectivity index (χ0n) is 14.0. The van der Waals surface area contributed by atoms with E-state index in [4.69, 9.17) is 0 Å². The largest absolute Gasteiger partial charge is 0.324 e. The van der Waals surface area contributed by atoms with Crippen LogP contribution in [0.2, 0.25) is 0 Å². The number of aryl methyl sites for hydroxylation is 1. The number of sulfonamides is 1. The first-order valence-electron chi connectivity index (χ1n) is 7.30. The summed E-state index contributed by atoms with van der Waals surface area (Å²) < 4.78 is 27.5. The third-order valence-electron chi connectivity index (χ3n) is 3.52. The van der Waals surface area contributed by atoms with Gasteiger partial charge in [0.1, 0.15) is 6.54 Å². The summed E-state index contributed by atoms with van der Waals surface area (Å²) in [5.41, 5.74) is 0.794. The molecule has 0 aliphatic rings. The summed E-state index contributed by atoms with van der Waals surface area (Å²) in [6.07, 6.45) is 1.52. The molecule has 1 N–H and O–H groups in total. The van der Waals surface area contributed by atoms with Crippen LogP contribution < -0.4 is 10.9 Å². The van der Waals surface area contributed by atoms with E-state index in [1.54, 1.807) is 19.1 Å². The molecule has 0 spiro atoms. The molecule has 0 saturated heterocycles. The molecule has 1 heterocycles. The average molecular weight is 428 g/mol. The SMILES string of the molecule is Cc1ccc(S(=O)(=O)N(C)C)cc1NC(=O)Cn1cc(Br)ccc1=O. The standard InChI is InChI=1S/C16H18BrN3O4S/c1-11-4-6-13(25(23,24)19(2)3)8-14(11)18-15(21)10-20-9-12(17)5-7-16(20)22/h4-9H,10H2,1-3H3,(H,18,21). The molecule has 2 rings (SSSR count). The fourth-order valence-corrected chi connectivity index (χ4v) is 3.38. The molecule has 0 aliphatic carbocycles. The molecule has 0 bridgehead atoms. The Morgan fingerprint density at radius 2 is 1.92 bits per heavy atom. The number of anilines is 1. The number of nitrogens with one attached hydrogen (secondary N) is 1. The van der Waals surface area contributed by atoms with Gasteiger partial charge < -0.3 is 9.88 Å². The fraction of sp³-hybridized carbons (Fsp3) is 0.250. The van der Waals surface area contributed by atoms with Crippen molar-refractivity contribution in [3.05, 3.63) is 56.9 Å². The minimum absolute atomic E-state index is 0.0815. The van der Waals surface area contributed by atoms with Crippen molar-refractivity contribution in [2.75, 3.05) is 19.4 Å². The van der Waals surface area contributed by atoms with Crippen LogP contribution >= 0.6 is 15.9 Å². The third kappa shape index (κ3) is 4.56. The number of hydrogen-bond donors (Lipinski definition) is 1. The highest BCUT2D eigenvalue weighted by molar-refractivity contribution is 9.10. The second kappa shape index (κ2) is 7.51. The van der Waals surface area contributed by atoms with E-state index in [1.165, 1.54) is 43.1 Å². The highest BCUT2D eigenvalue weighted by Gasteiger charge is 2.18. The molecule has 0 saturated carbocycles. The number of amides is 1. The zero-order chi connectivity index (χ0) is 18.8. The van der Waals surface area contributed by atoms with Gasteiger partial charge in [-0.05, 0) is 46.6 Å². The van der Waals surface area contributed by atoms with Gasteiger partial charge in [0.05, 0.1) is 4.90 Å². The smallest absolute Gasteiger partial charge is 0.251 e. The minimum atomic E-state index is -3.60. The second-order valence-corrected chi connectivity index (χ2v) is 8.69. The van der Waals surface area contributed by atoms with Gasteiger partial charge in [-0.25, -0.2) is 12.7 Å². The Kier molecular flexibility index (Phi) is 5.81. The summed E-state index contributed by atoms with van der Waals surface area (Å²) in [5.74, 6) is -0.428. The van der Waals surface area contributed by atoms with Gasteiger partial charge in [-0.3, -0.25) is 9.59 Å². The Labute approximate surface area is 154 Å². The first-order valence-corrected chi connectivity index (χ1v) is 9.53. The number of rotatable bonds is 5. The monoisotopic (exact) mass is 427 g/mol. The van der Waals surface area contributed by atoms with E-state index < -0.39 is 15.9 Å². The molecule has 1 aromatic carbocycles. The molecule has 0 aliphatic heterocycles. The van der Waals surface area contributed by atoms with Crippen LogP contribution in [0.15, 0.2) is 50.7 Å². The molecule has 1 amide bonds. The summed E-state index contributed by atoms with van der Waals surface area (Å²) in [4.78, 5) is 24.1. The van der Waals surface area contributed by atoms with Crippen molar-refractivity contribution < 1.29 is 13.2 Å². The van der Waals surface area contributed by atoms with Crippen LogP contribution in [0.5, 0.6) is 0 Å². The maximum absolute atomic E-state index is 12.2. The number of pyridine rings is 1. The van der Waals surface area contributed by atoms with Gasteiger partial charge in [-0.1, -0.05) is 6.07 Å². The number of halogens is 1. The summed E-state index contributed by atoms with van der Waals surface area (Å²) in [6, 6.07) is 7.46. The van der Waals surface area contributed by atoms with Crippen molar-refractivity contribution in [3.63, 3.8) is 0 Å². The predicted molar refractivity (Wildman–Crippen MR) is 99.1 cm³/mol. The van der Waals surface area contributed by atoms with Gasteiger partial charge in [-0.2, -0.15) is 0 Å². The van der Waals surface area contributed by atoms with Crippen LogP contribution in [0.4, 0.5) is 5.69 Å². The van der Waals surface area contributed by atoms with Gasteiger partial charge in [0, 0.05) is 36.5 Å². The first-order chi connectivity index (χ1) is 11.6. The molecule has 0 radical (unpaired) electrons. The summed E-state index contributed by atoms with van der Waals surface area (Å²) in [6.45, 7) is 1.58. The molecular weight excluding hydrogens is 410 g/mol. The van der Waals surface area contributed by atoms with Crippen molar-refractivity contribution in [2.45, 2.75) is 18.4 Å². The van der Waals surface area contributed by atoms with Crippen molar-refractivity contribution in [1.29, 1.82) is 0 Å². The van der Waals surface area contributed by atoms with E-state index in [-0.39, 0.29) is 17.0 Å². The number of hydrogen-bond acceptors (Lipinski definition) is 4. The predicted octanol–water partition coefficient (Wildman–Crippen LogP) is 1.81. The Bertz CT molecular complexity index is 968. The molecule has 0 unspecified atom stereocenters. The van der Waals surface area contributed by atoms with Gasteiger partial charge in [0.2, 0.25) is 15.9 Å². The Morgan fingerprint density at radius 1 is 1.24 bits per heavy atom. The molecule has 7 nitrogen and oxygen atoms in total. The van der Waals surface area contributed by atoms with Crippen LogP contribution in [0.1, 0.15) is 5.56 Å². The lowest BCUT2D eigenvalue weighted by molar-refractivity contribution is -0.116. The van der Waals surface area contributed by atoms with Crippen molar-refractivity contribution in [3.8, 4) is 0 Å². The van der Waals surface area contributed by atoms with E-state index in [2.05, 4.69) is 21.2 Å². The molecule has 25 heavy (non-hydrogen) atoms. The fourth-order valence-electron chi connectivity index (χ4n) is 2.08. The molecule has 2 aromatic rings. The van der Waals surface area contributed by atoms with E-state index in [0.717, 1.165) is 4.31 Å². The highest BCUT2D eigenvalue weighted by atomic mass is 79.9. The van der Waals surface area contributed by atoms with E-state index >= 15 is 0 Å². The Hall–Kier alpha value is -1.97. The lowest BCUT2D eigenvalue weighted by atomic mass is 10.2. The van der Waals surface area contributed by atoms with Crippen molar-refractivity contribution >= 4 is 37.5 Å². The average Bonchev–Trinajstić information content (AvgIpc) is 2.52. The highest BCUT2D eigenvalue weighted by Crippen LogP contribution is 2.22. The van der Waals surface area contributed by atoms with Gasteiger partial charge >= 0.3 is 0 Å². The topological polar surface area (TPSA) is 88.5 Å². The molecule has 0 atom stereocenters. The molecule has 9 heteroatoms. The number of nitrogens with zero attached hydrogens (tertiary/aromatic N) is 2. The molecule has 1 aromatic heterocycles. The lowest BCUT2D eigenvalue weighted by Gasteiger charge is -2.14. The number of benzene rings is 1. The Balaban J connectivity index is 2.26. The molecular formula is C16H18BrN3O4S. The van der Waals surface area contributed by atoms with E-state index in [1.807, 2.05) is 0 Å². The quantitative estimate of drug-likeness (QED) is 0.787. The van der Waals surface area contributed by atoms with Crippen molar-refractivity contribution in [2.24, 2.45) is 0 Å². The second-order valence-electron chi connectivity index (χ2n) is 5.63. The van der Waals surface area contributed by atoms with Crippen molar-refractivity contribution in [1.82, 2.24) is 8.87 Å². The molecule has 0 fully saturated rings. The number of aromatic nitrogens is 1. The van der Waals surface area contributed by atoms with Crippen LogP contribution in [-0.2, 0) is 21.4 Å². The van der Waals surface area contributed by atoms with Crippen LogP contribution in [0, 0.1) is 6.92 Å². The normalized spacial score (nSPS) is 11.6. The number of carbonyl (C=O) groups excluding carboxylic acids is 1. The number of carbonyl (C=O) groups is 1. The maximum Gasteiger partial charge on any atom is 0.251 e. The van der Waals surface area contributed by atoms with Crippen LogP contribution in [0.25, 0.3) is 0 Å². The van der Waals surface area contributed by atoms with Gasteiger partial charge in [-0.15, -0.1) is 0 Å². The summed E-state index contributed by atoms with van der Waals surface area (Å²) in [7, 11) is -0.727. The van der Waals surface area contributed by atoms with Gasteiger partial charge in [0.15, 0.2) is 0 Å². The first kappa shape index (κ1) is 19.4.